The first kappa shape index (κ1) is 14.9. The number of hydrogen-bond donors (Lipinski definition) is 0. The molecule has 2 fully saturated rings. The molecule has 6 nitrogen and oxygen atoms in total. The van der Waals surface area contributed by atoms with Gasteiger partial charge in [-0.05, 0) is 38.1 Å². The molecule has 2 aromatic rings. The van der Waals surface area contributed by atoms with E-state index >= 15 is 0 Å². The Morgan fingerprint density at radius 1 is 1.39 bits per heavy atom. The molecule has 2 aromatic heterocycles. The van der Waals surface area contributed by atoms with Gasteiger partial charge in [-0.1, -0.05) is 6.42 Å². The molecule has 0 N–H and O–H groups in total. The van der Waals surface area contributed by atoms with Gasteiger partial charge in [0.05, 0.1) is 11.7 Å². The van der Waals surface area contributed by atoms with Gasteiger partial charge in [0.1, 0.15) is 0 Å². The quantitative estimate of drug-likeness (QED) is 0.845. The summed E-state index contributed by atoms with van der Waals surface area (Å²) in [6, 6.07) is 0. The fourth-order valence-electron chi connectivity index (χ4n) is 4.52. The molecule has 3 heterocycles. The van der Waals surface area contributed by atoms with E-state index in [9.17, 15) is 0 Å². The number of hydrogen-bond acceptors (Lipinski definition) is 5. The maximum atomic E-state index is 5.84. The van der Waals surface area contributed by atoms with Gasteiger partial charge in [0, 0.05) is 39.0 Å². The number of rotatable bonds is 5. The maximum absolute atomic E-state index is 5.84. The van der Waals surface area contributed by atoms with Crippen LogP contribution in [0.2, 0.25) is 0 Å². The molecule has 0 amide bonds. The van der Waals surface area contributed by atoms with Gasteiger partial charge in [-0.15, -0.1) is 10.2 Å². The van der Waals surface area contributed by atoms with Crippen molar-refractivity contribution in [2.75, 3.05) is 19.6 Å². The molecule has 2 aliphatic rings. The van der Waals surface area contributed by atoms with E-state index in [1.165, 1.54) is 37.9 Å². The summed E-state index contributed by atoms with van der Waals surface area (Å²) in [7, 11) is 2.06. The summed E-state index contributed by atoms with van der Waals surface area (Å²) in [4.78, 5) is 6.79. The van der Waals surface area contributed by atoms with Gasteiger partial charge in [-0.3, -0.25) is 0 Å². The van der Waals surface area contributed by atoms with Gasteiger partial charge >= 0.3 is 0 Å². The number of fused-ring (bicyclic) bond motifs is 1. The average Bonchev–Trinajstić information content (AvgIpc) is 3.24. The first-order chi connectivity index (χ1) is 11.2. The highest BCUT2D eigenvalue weighted by Gasteiger charge is 2.53. The summed E-state index contributed by atoms with van der Waals surface area (Å²) in [5.41, 5.74) is 1.43. The third kappa shape index (κ3) is 2.59. The summed E-state index contributed by atoms with van der Waals surface area (Å²) < 4.78 is 7.95. The summed E-state index contributed by atoms with van der Waals surface area (Å²) in [6.07, 6.45) is 9.88. The zero-order chi connectivity index (χ0) is 15.9. The Balaban J connectivity index is 1.40. The van der Waals surface area contributed by atoms with Crippen LogP contribution in [0.25, 0.3) is 0 Å². The molecule has 0 spiro atoms. The number of aryl methyl sites for hydroxylation is 3. The van der Waals surface area contributed by atoms with Crippen molar-refractivity contribution in [3.63, 3.8) is 0 Å². The van der Waals surface area contributed by atoms with E-state index in [1.807, 2.05) is 19.4 Å². The minimum absolute atomic E-state index is 0.119. The predicted octanol–water partition coefficient (Wildman–Crippen LogP) is 2.10. The molecule has 124 valence electrons. The molecular weight excluding hydrogens is 290 g/mol. The van der Waals surface area contributed by atoms with Crippen LogP contribution in [0, 0.1) is 12.8 Å². The van der Waals surface area contributed by atoms with Crippen LogP contribution in [-0.2, 0) is 18.9 Å². The molecule has 1 saturated carbocycles. The Morgan fingerprint density at radius 3 is 3.04 bits per heavy atom. The third-order valence-electron chi connectivity index (χ3n) is 5.72. The number of likely N-dealkylation sites (tertiary alicyclic amines) is 1. The van der Waals surface area contributed by atoms with Gasteiger partial charge in [0.15, 0.2) is 0 Å². The molecule has 4 rings (SSSR count). The van der Waals surface area contributed by atoms with Gasteiger partial charge < -0.3 is 13.9 Å². The Hall–Kier alpha value is -1.69. The van der Waals surface area contributed by atoms with Gasteiger partial charge in [0.2, 0.25) is 11.8 Å². The highest BCUT2D eigenvalue weighted by Crippen LogP contribution is 2.49. The number of nitrogens with zero attached hydrogens (tertiary/aromatic N) is 5. The van der Waals surface area contributed by atoms with E-state index in [4.69, 9.17) is 4.42 Å². The van der Waals surface area contributed by atoms with E-state index in [0.29, 0.717) is 11.8 Å². The molecule has 0 bridgehead atoms. The molecule has 0 radical (unpaired) electrons. The summed E-state index contributed by atoms with van der Waals surface area (Å²) in [6.45, 7) is 5.27. The Labute approximate surface area is 136 Å². The van der Waals surface area contributed by atoms with Crippen LogP contribution in [-0.4, -0.2) is 44.3 Å². The second kappa shape index (κ2) is 5.74. The van der Waals surface area contributed by atoms with E-state index in [1.54, 1.807) is 0 Å². The van der Waals surface area contributed by atoms with Crippen LogP contribution in [0.1, 0.15) is 43.2 Å². The Bertz CT molecular complexity index is 678. The number of aromatic nitrogens is 4. The first-order valence-electron chi connectivity index (χ1n) is 8.65. The van der Waals surface area contributed by atoms with E-state index < -0.39 is 0 Å². The number of imidazole rings is 1. The average molecular weight is 315 g/mol. The van der Waals surface area contributed by atoms with Crippen LogP contribution < -0.4 is 0 Å². The smallest absolute Gasteiger partial charge is 0.224 e. The molecule has 0 unspecified atom stereocenters. The minimum atomic E-state index is 0.119. The molecule has 1 saturated heterocycles. The zero-order valence-electron chi connectivity index (χ0n) is 14.0. The molecule has 23 heavy (non-hydrogen) atoms. The van der Waals surface area contributed by atoms with Crippen LogP contribution >= 0.6 is 0 Å². The molecule has 2 atom stereocenters. The second-order valence-corrected chi connectivity index (χ2v) is 7.21. The third-order valence-corrected chi connectivity index (χ3v) is 5.72. The lowest BCUT2D eigenvalue weighted by atomic mass is 9.80. The molecule has 0 aromatic carbocycles. The monoisotopic (exact) mass is 315 g/mol. The van der Waals surface area contributed by atoms with Crippen molar-refractivity contribution in [3.8, 4) is 0 Å². The fraction of sp³-hybridized carbons (Fsp3) is 0.706. The summed E-state index contributed by atoms with van der Waals surface area (Å²) >= 11 is 0. The highest BCUT2D eigenvalue weighted by atomic mass is 16.4. The van der Waals surface area contributed by atoms with Crippen LogP contribution in [0.5, 0.6) is 0 Å². The molecular formula is C17H25N5O. The van der Waals surface area contributed by atoms with Crippen molar-refractivity contribution < 1.29 is 4.42 Å². The van der Waals surface area contributed by atoms with Crippen molar-refractivity contribution in [1.29, 1.82) is 0 Å². The van der Waals surface area contributed by atoms with Gasteiger partial charge in [0.25, 0.3) is 0 Å². The largest absolute Gasteiger partial charge is 0.425 e. The Morgan fingerprint density at radius 2 is 2.30 bits per heavy atom. The maximum Gasteiger partial charge on any atom is 0.224 e. The SMILES string of the molecule is Cc1nnc([C@]23CCC[C@H]2CN(CCCc2cncn2C)C3)o1. The molecule has 1 aliphatic heterocycles. The van der Waals surface area contributed by atoms with E-state index in [2.05, 4.69) is 31.7 Å². The predicted molar refractivity (Wildman–Crippen MR) is 86.0 cm³/mol. The highest BCUT2D eigenvalue weighted by molar-refractivity contribution is 5.16. The van der Waals surface area contributed by atoms with Crippen LogP contribution in [0.15, 0.2) is 16.9 Å². The van der Waals surface area contributed by atoms with Crippen LogP contribution in [0.3, 0.4) is 0 Å². The van der Waals surface area contributed by atoms with Gasteiger partial charge in [-0.25, -0.2) is 4.98 Å². The standard InChI is InChI=1S/C17H25N5O/c1-13-19-20-16(23-13)17-7-3-5-14(17)10-22(11-17)8-4-6-15-9-18-12-21(15)2/h9,12,14H,3-8,10-11H2,1-2H3/t14-,17-/m0/s1. The van der Waals surface area contributed by atoms with E-state index in [0.717, 1.165) is 25.4 Å². The molecule has 6 heteroatoms. The van der Waals surface area contributed by atoms with Crippen molar-refractivity contribution in [2.45, 2.75) is 44.4 Å². The lowest BCUT2D eigenvalue weighted by molar-refractivity contribution is 0.267. The van der Waals surface area contributed by atoms with Crippen molar-refractivity contribution in [3.05, 3.63) is 30.0 Å². The van der Waals surface area contributed by atoms with Crippen molar-refractivity contribution >= 4 is 0 Å². The normalized spacial score (nSPS) is 27.7. The van der Waals surface area contributed by atoms with Gasteiger partial charge in [-0.2, -0.15) is 0 Å². The topological polar surface area (TPSA) is 60.0 Å². The lowest BCUT2D eigenvalue weighted by Crippen LogP contribution is -2.32. The fourth-order valence-corrected chi connectivity index (χ4v) is 4.52. The Kier molecular flexibility index (Phi) is 3.71. The lowest BCUT2D eigenvalue weighted by Gasteiger charge is -2.24. The first-order valence-corrected chi connectivity index (χ1v) is 8.65. The summed E-state index contributed by atoms with van der Waals surface area (Å²) in [5.74, 6) is 2.25. The summed E-state index contributed by atoms with van der Waals surface area (Å²) in [5, 5.41) is 8.45. The van der Waals surface area contributed by atoms with E-state index in [-0.39, 0.29) is 5.41 Å². The minimum Gasteiger partial charge on any atom is -0.425 e. The zero-order valence-corrected chi connectivity index (χ0v) is 14.0. The van der Waals surface area contributed by atoms with Crippen molar-refractivity contribution in [2.24, 2.45) is 13.0 Å². The van der Waals surface area contributed by atoms with Crippen molar-refractivity contribution in [1.82, 2.24) is 24.6 Å². The van der Waals surface area contributed by atoms with Crippen LogP contribution in [0.4, 0.5) is 0 Å². The molecule has 1 aliphatic carbocycles. The second-order valence-electron chi connectivity index (χ2n) is 7.21.